The number of amides is 2. The molecular weight excluding hydrogens is 546 g/mol. The van der Waals surface area contributed by atoms with Crippen LogP contribution >= 0.6 is 0 Å². The predicted molar refractivity (Wildman–Crippen MR) is 163 cm³/mol. The van der Waals surface area contributed by atoms with Gasteiger partial charge in [0.15, 0.2) is 5.60 Å². The fourth-order valence-electron chi connectivity index (χ4n) is 5.20. The first-order chi connectivity index (χ1) is 20.8. The van der Waals surface area contributed by atoms with Gasteiger partial charge < -0.3 is 25.2 Å². The average molecular weight is 582 g/mol. The zero-order valence-corrected chi connectivity index (χ0v) is 24.2. The highest BCUT2D eigenvalue weighted by atomic mass is 16.5. The second-order valence-electron chi connectivity index (χ2n) is 10.5. The predicted octanol–water partition coefficient (Wildman–Crippen LogP) is 4.09. The Morgan fingerprint density at radius 2 is 1.88 bits per heavy atom. The molecule has 3 aromatic carbocycles. The van der Waals surface area contributed by atoms with Crippen molar-refractivity contribution in [2.45, 2.75) is 38.5 Å². The van der Waals surface area contributed by atoms with E-state index in [0.717, 1.165) is 11.3 Å². The first-order valence-electron chi connectivity index (χ1n) is 14.2. The molecule has 222 valence electrons. The Morgan fingerprint density at radius 1 is 1.12 bits per heavy atom. The maximum Gasteiger partial charge on any atom is 0.264 e. The smallest absolute Gasteiger partial charge is 0.264 e. The van der Waals surface area contributed by atoms with Gasteiger partial charge in [0, 0.05) is 48.5 Å². The van der Waals surface area contributed by atoms with Gasteiger partial charge in [-0.05, 0) is 54.4 Å². The van der Waals surface area contributed by atoms with Gasteiger partial charge in [0.05, 0.1) is 25.0 Å². The molecule has 0 aliphatic carbocycles. The number of anilines is 2. The minimum atomic E-state index is -1.79. The van der Waals surface area contributed by atoms with Crippen LogP contribution in [0.4, 0.5) is 11.4 Å². The molecule has 3 N–H and O–H groups in total. The highest BCUT2D eigenvalue weighted by molar-refractivity contribution is 6.07. The number of benzene rings is 3. The van der Waals surface area contributed by atoms with Gasteiger partial charge in [0.25, 0.3) is 11.8 Å². The topological polar surface area (TPSA) is 130 Å². The summed E-state index contributed by atoms with van der Waals surface area (Å²) in [4.78, 5) is 28.0. The van der Waals surface area contributed by atoms with Crippen LogP contribution < -0.4 is 15.0 Å². The Hall–Kier alpha value is -4.80. The molecular formula is C33H35N5O5. The first-order valence-corrected chi connectivity index (χ1v) is 14.2. The minimum Gasteiger partial charge on any atom is -0.497 e. The highest BCUT2D eigenvalue weighted by Gasteiger charge is 2.52. The number of carbonyl (C=O) groups is 2. The van der Waals surface area contributed by atoms with E-state index in [1.165, 1.54) is 0 Å². The number of ether oxygens (including phenoxy) is 1. The fourth-order valence-corrected chi connectivity index (χ4v) is 5.20. The Labute approximate surface area is 250 Å². The van der Waals surface area contributed by atoms with Crippen LogP contribution in [0.15, 0.2) is 91.1 Å². The lowest BCUT2D eigenvalue weighted by atomic mass is 9.83. The van der Waals surface area contributed by atoms with Crippen molar-refractivity contribution in [3.63, 3.8) is 0 Å². The number of aromatic nitrogens is 3. The molecule has 1 aliphatic rings. The van der Waals surface area contributed by atoms with Crippen LogP contribution in [0.25, 0.3) is 0 Å². The van der Waals surface area contributed by atoms with Crippen molar-refractivity contribution >= 4 is 23.2 Å². The number of carbonyl (C=O) groups excluding carboxylic acids is 2. The molecule has 43 heavy (non-hydrogen) atoms. The van der Waals surface area contributed by atoms with E-state index in [1.807, 2.05) is 49.4 Å². The van der Waals surface area contributed by atoms with Gasteiger partial charge in [0.2, 0.25) is 0 Å². The van der Waals surface area contributed by atoms with Crippen LogP contribution in [0.2, 0.25) is 0 Å². The number of hydrogen-bond donors (Lipinski definition) is 3. The summed E-state index contributed by atoms with van der Waals surface area (Å²) in [7, 11) is 1.55. The largest absolute Gasteiger partial charge is 0.497 e. The zero-order valence-electron chi connectivity index (χ0n) is 24.2. The Morgan fingerprint density at radius 3 is 2.60 bits per heavy atom. The lowest BCUT2D eigenvalue weighted by Crippen LogP contribution is -2.44. The van der Waals surface area contributed by atoms with E-state index in [2.05, 4.69) is 15.6 Å². The molecule has 4 aromatic rings. The van der Waals surface area contributed by atoms with E-state index in [0.29, 0.717) is 47.6 Å². The third-order valence-electron chi connectivity index (χ3n) is 7.63. The number of hydrogen-bond acceptors (Lipinski definition) is 7. The molecule has 0 bridgehead atoms. The maximum atomic E-state index is 13.9. The maximum absolute atomic E-state index is 13.9. The molecule has 1 aromatic heterocycles. The van der Waals surface area contributed by atoms with Crippen LogP contribution in [-0.2, 0) is 29.9 Å². The van der Waals surface area contributed by atoms with Gasteiger partial charge in [0.1, 0.15) is 5.75 Å². The number of aryl methyl sites for hydroxylation is 1. The van der Waals surface area contributed by atoms with E-state index in [1.54, 1.807) is 65.4 Å². The number of allylic oxidation sites excluding steroid dienone is 1. The molecule has 0 unspecified atom stereocenters. The molecule has 0 saturated carbocycles. The zero-order chi connectivity index (χ0) is 30.4. The lowest BCUT2D eigenvalue weighted by molar-refractivity contribution is -0.139. The summed E-state index contributed by atoms with van der Waals surface area (Å²) >= 11 is 0. The van der Waals surface area contributed by atoms with E-state index < -0.39 is 17.4 Å². The lowest BCUT2D eigenvalue weighted by Gasteiger charge is -2.28. The Balaban J connectivity index is 1.30. The number of nitrogens with zero attached hydrogens (tertiary/aromatic N) is 4. The van der Waals surface area contributed by atoms with E-state index in [4.69, 9.17) is 9.84 Å². The number of nitrogens with one attached hydrogen (secondary N) is 1. The number of aliphatic hydroxyl groups is 2. The number of fused-ring (bicyclic) bond motifs is 1. The molecule has 10 nitrogen and oxygen atoms in total. The molecule has 5 rings (SSSR count). The van der Waals surface area contributed by atoms with Gasteiger partial charge in [-0.1, -0.05) is 54.6 Å². The standard InChI is InChI=1S/C33H35N5O5/c1-23(8-6-7-18-37-22-27(17-19-39)35-36-37)33(42)29-20-28(43-2)15-16-30(29)38(32(33)41)21-24-11-13-26(14-12-24)34-31(40)25-9-4-3-5-10-25/h3-6,8-16,20,22-23,39,42H,7,17-19,21H2,1-2H3,(H,34,40)/b8-6+/t23-,33+/m0/s1. The van der Waals surface area contributed by atoms with Crippen molar-refractivity contribution in [3.8, 4) is 5.75 Å². The monoisotopic (exact) mass is 581 g/mol. The second kappa shape index (κ2) is 13.0. The molecule has 2 heterocycles. The number of rotatable bonds is 12. The van der Waals surface area contributed by atoms with E-state index >= 15 is 0 Å². The van der Waals surface area contributed by atoms with Crippen molar-refractivity contribution in [3.05, 3.63) is 114 Å². The molecule has 0 fully saturated rings. The van der Waals surface area contributed by atoms with Crippen LogP contribution in [0.5, 0.6) is 5.75 Å². The summed E-state index contributed by atoms with van der Waals surface area (Å²) in [5.41, 5.74) is 2.10. The number of methoxy groups -OCH3 is 1. The molecule has 0 spiro atoms. The van der Waals surface area contributed by atoms with Gasteiger partial charge in [-0.25, -0.2) is 0 Å². The summed E-state index contributed by atoms with van der Waals surface area (Å²) in [6, 6.07) is 21.6. The molecule has 2 atom stereocenters. The molecule has 1 aliphatic heterocycles. The van der Waals surface area contributed by atoms with Crippen molar-refractivity contribution < 1.29 is 24.5 Å². The minimum absolute atomic E-state index is 0.0181. The van der Waals surface area contributed by atoms with E-state index in [-0.39, 0.29) is 19.1 Å². The second-order valence-corrected chi connectivity index (χ2v) is 10.5. The Kier molecular flexibility index (Phi) is 8.98. The van der Waals surface area contributed by atoms with Crippen molar-refractivity contribution in [2.75, 3.05) is 23.9 Å². The SMILES string of the molecule is COc1ccc2c(c1)[C@](O)([C@@H](C)/C=C/CCn1cc(CCO)nn1)C(=O)N2Cc1ccc(NC(=O)c2ccccc2)cc1. The fraction of sp³-hybridized carbons (Fsp3) is 0.273. The van der Waals surface area contributed by atoms with Crippen LogP contribution in [0.1, 0.15) is 40.5 Å². The quantitative estimate of drug-likeness (QED) is 0.215. The van der Waals surface area contributed by atoms with Crippen molar-refractivity contribution in [1.82, 2.24) is 15.0 Å². The third-order valence-corrected chi connectivity index (χ3v) is 7.63. The van der Waals surface area contributed by atoms with Crippen molar-refractivity contribution in [2.24, 2.45) is 5.92 Å². The van der Waals surface area contributed by atoms with Crippen LogP contribution in [0, 0.1) is 5.92 Å². The van der Waals surface area contributed by atoms with Crippen LogP contribution in [-0.4, -0.2) is 50.7 Å². The summed E-state index contributed by atoms with van der Waals surface area (Å²) in [6.45, 7) is 2.66. The Bertz CT molecular complexity index is 1600. The summed E-state index contributed by atoms with van der Waals surface area (Å²) < 4.78 is 7.12. The van der Waals surface area contributed by atoms with Gasteiger partial charge in [-0.15, -0.1) is 5.10 Å². The van der Waals surface area contributed by atoms with Crippen molar-refractivity contribution in [1.29, 1.82) is 0 Å². The summed E-state index contributed by atoms with van der Waals surface area (Å²) in [5, 5.41) is 32.0. The summed E-state index contributed by atoms with van der Waals surface area (Å²) in [6.07, 6.45) is 6.65. The number of aliphatic hydroxyl groups excluding tert-OH is 1. The van der Waals surface area contributed by atoms with Crippen LogP contribution in [0.3, 0.4) is 0 Å². The van der Waals surface area contributed by atoms with Gasteiger partial charge >= 0.3 is 0 Å². The molecule has 2 amide bonds. The first kappa shape index (κ1) is 29.7. The van der Waals surface area contributed by atoms with Gasteiger partial charge in [-0.2, -0.15) is 0 Å². The highest BCUT2D eigenvalue weighted by Crippen LogP contribution is 2.47. The van der Waals surface area contributed by atoms with E-state index in [9.17, 15) is 14.7 Å². The summed E-state index contributed by atoms with van der Waals surface area (Å²) in [5.74, 6) is -0.608. The molecule has 0 radical (unpaired) electrons. The molecule has 0 saturated heterocycles. The average Bonchev–Trinajstić information content (AvgIpc) is 3.57. The normalized spacial score (nSPS) is 16.8. The third kappa shape index (κ3) is 6.35. The molecule has 10 heteroatoms. The van der Waals surface area contributed by atoms with Gasteiger partial charge in [-0.3, -0.25) is 14.3 Å².